The van der Waals surface area contributed by atoms with Crippen LogP contribution in [0.4, 0.5) is 11.5 Å². The zero-order valence-corrected chi connectivity index (χ0v) is 14.7. The van der Waals surface area contributed by atoms with Gasteiger partial charge in [0, 0.05) is 18.3 Å². The van der Waals surface area contributed by atoms with E-state index in [-0.39, 0.29) is 5.91 Å². The Morgan fingerprint density at radius 1 is 1.29 bits per heavy atom. The number of aryl methyl sites for hydroxylation is 2. The van der Waals surface area contributed by atoms with E-state index in [1.807, 2.05) is 0 Å². The zero-order chi connectivity index (χ0) is 17.7. The van der Waals surface area contributed by atoms with E-state index in [2.05, 4.69) is 66.2 Å². The molecule has 0 aliphatic heterocycles. The summed E-state index contributed by atoms with van der Waals surface area (Å²) >= 11 is 0. The number of rotatable bonds is 6. The van der Waals surface area contributed by atoms with Crippen LogP contribution in [0.2, 0.25) is 0 Å². The highest BCUT2D eigenvalue weighted by Gasteiger charge is 2.13. The lowest BCUT2D eigenvalue weighted by Gasteiger charge is -2.17. The molecule has 0 saturated carbocycles. The number of para-hydroxylation sites is 1. The lowest BCUT2D eigenvalue weighted by Crippen LogP contribution is -2.24. The van der Waals surface area contributed by atoms with Gasteiger partial charge in [0.2, 0.25) is 0 Å². The first-order valence-corrected chi connectivity index (χ1v) is 8.03. The topological polar surface area (TPSA) is 66.9 Å². The Morgan fingerprint density at radius 2 is 2.04 bits per heavy atom. The molecule has 0 bridgehead atoms. The highest BCUT2D eigenvalue weighted by molar-refractivity contribution is 5.93. The molecule has 1 aromatic heterocycles. The molecule has 0 radical (unpaired) electrons. The molecule has 1 amide bonds. The van der Waals surface area contributed by atoms with Gasteiger partial charge in [0.05, 0.1) is 0 Å². The molecule has 1 heterocycles. The monoisotopic (exact) mass is 324 g/mol. The molecule has 0 atom stereocenters. The molecule has 0 aliphatic rings. The number of benzene rings is 1. The Labute approximate surface area is 143 Å². The SMILES string of the molecule is C=CCNC(=O)c1cc(Nc2c(C)cccc2C(C)C)nc(C)n1. The van der Waals surface area contributed by atoms with Crippen LogP contribution >= 0.6 is 0 Å². The third-order valence-electron chi connectivity index (χ3n) is 3.66. The van der Waals surface area contributed by atoms with Crippen LogP contribution < -0.4 is 10.6 Å². The second-order valence-electron chi connectivity index (χ2n) is 6.00. The normalized spacial score (nSPS) is 10.5. The van der Waals surface area contributed by atoms with Crippen molar-refractivity contribution in [1.82, 2.24) is 15.3 Å². The number of hydrogen-bond acceptors (Lipinski definition) is 4. The Balaban J connectivity index is 2.36. The lowest BCUT2D eigenvalue weighted by molar-refractivity contribution is 0.0952. The van der Waals surface area contributed by atoms with Crippen molar-refractivity contribution in [3.63, 3.8) is 0 Å². The van der Waals surface area contributed by atoms with Gasteiger partial charge in [0.1, 0.15) is 17.3 Å². The van der Waals surface area contributed by atoms with Gasteiger partial charge in [-0.1, -0.05) is 38.1 Å². The van der Waals surface area contributed by atoms with Gasteiger partial charge < -0.3 is 10.6 Å². The van der Waals surface area contributed by atoms with E-state index in [1.165, 1.54) is 5.56 Å². The predicted octanol–water partition coefficient (Wildman–Crippen LogP) is 3.88. The number of nitrogens with zero attached hydrogens (tertiary/aromatic N) is 2. The quantitative estimate of drug-likeness (QED) is 0.791. The van der Waals surface area contributed by atoms with E-state index < -0.39 is 0 Å². The van der Waals surface area contributed by atoms with Gasteiger partial charge in [-0.2, -0.15) is 0 Å². The predicted molar refractivity (Wildman–Crippen MR) is 97.8 cm³/mol. The maximum atomic E-state index is 12.1. The van der Waals surface area contributed by atoms with Gasteiger partial charge in [0.15, 0.2) is 0 Å². The smallest absolute Gasteiger partial charge is 0.270 e. The average molecular weight is 324 g/mol. The number of hydrogen-bond donors (Lipinski definition) is 2. The van der Waals surface area contributed by atoms with Gasteiger partial charge >= 0.3 is 0 Å². The molecule has 5 nitrogen and oxygen atoms in total. The summed E-state index contributed by atoms with van der Waals surface area (Å²) in [6.07, 6.45) is 1.63. The molecular formula is C19H24N4O. The van der Waals surface area contributed by atoms with E-state index in [1.54, 1.807) is 19.1 Å². The molecule has 0 unspecified atom stereocenters. The van der Waals surface area contributed by atoms with Crippen LogP contribution in [0.25, 0.3) is 0 Å². The Bertz CT molecular complexity index is 753. The number of aromatic nitrogens is 2. The van der Waals surface area contributed by atoms with Crippen LogP contribution in [-0.4, -0.2) is 22.4 Å². The second kappa shape index (κ2) is 7.73. The van der Waals surface area contributed by atoms with Crippen molar-refractivity contribution in [2.24, 2.45) is 0 Å². The molecule has 0 fully saturated rings. The maximum absolute atomic E-state index is 12.1. The van der Waals surface area contributed by atoms with Gasteiger partial charge in [0.25, 0.3) is 5.91 Å². The molecule has 0 saturated heterocycles. The van der Waals surface area contributed by atoms with E-state index >= 15 is 0 Å². The fourth-order valence-electron chi connectivity index (χ4n) is 2.47. The van der Waals surface area contributed by atoms with Crippen molar-refractivity contribution in [1.29, 1.82) is 0 Å². The van der Waals surface area contributed by atoms with Crippen LogP contribution in [0.1, 0.15) is 47.2 Å². The summed E-state index contributed by atoms with van der Waals surface area (Å²) in [6.45, 7) is 12.1. The molecule has 2 N–H and O–H groups in total. The maximum Gasteiger partial charge on any atom is 0.270 e. The number of amides is 1. The molecule has 2 rings (SSSR count). The largest absolute Gasteiger partial charge is 0.347 e. The van der Waals surface area contributed by atoms with Crippen molar-refractivity contribution >= 4 is 17.4 Å². The molecule has 5 heteroatoms. The van der Waals surface area contributed by atoms with Gasteiger partial charge in [-0.15, -0.1) is 6.58 Å². The van der Waals surface area contributed by atoms with Crippen LogP contribution in [-0.2, 0) is 0 Å². The molecular weight excluding hydrogens is 300 g/mol. The van der Waals surface area contributed by atoms with Crippen molar-refractivity contribution in [3.05, 3.63) is 59.6 Å². The molecule has 126 valence electrons. The van der Waals surface area contributed by atoms with Crippen molar-refractivity contribution in [2.75, 3.05) is 11.9 Å². The molecule has 1 aromatic carbocycles. The van der Waals surface area contributed by atoms with E-state index in [4.69, 9.17) is 0 Å². The zero-order valence-electron chi connectivity index (χ0n) is 14.7. The first-order chi connectivity index (χ1) is 11.4. The summed E-state index contributed by atoms with van der Waals surface area (Å²) in [5.74, 6) is 1.30. The molecule has 0 aliphatic carbocycles. The second-order valence-corrected chi connectivity index (χ2v) is 6.00. The van der Waals surface area contributed by atoms with Crippen LogP contribution in [0.5, 0.6) is 0 Å². The Hall–Kier alpha value is -2.69. The fraction of sp³-hybridized carbons (Fsp3) is 0.316. The minimum atomic E-state index is -0.239. The number of anilines is 2. The molecule has 2 aromatic rings. The first-order valence-electron chi connectivity index (χ1n) is 8.03. The average Bonchev–Trinajstić information content (AvgIpc) is 2.53. The summed E-state index contributed by atoms with van der Waals surface area (Å²) in [4.78, 5) is 20.7. The van der Waals surface area contributed by atoms with Crippen molar-refractivity contribution in [2.45, 2.75) is 33.6 Å². The van der Waals surface area contributed by atoms with E-state index in [0.717, 1.165) is 11.3 Å². The van der Waals surface area contributed by atoms with Gasteiger partial charge in [-0.25, -0.2) is 9.97 Å². The van der Waals surface area contributed by atoms with Crippen molar-refractivity contribution < 1.29 is 4.79 Å². The summed E-state index contributed by atoms with van der Waals surface area (Å²) < 4.78 is 0. The summed E-state index contributed by atoms with van der Waals surface area (Å²) in [5, 5.41) is 6.10. The molecule has 0 spiro atoms. The van der Waals surface area contributed by atoms with Crippen LogP contribution in [0.15, 0.2) is 36.9 Å². The minimum Gasteiger partial charge on any atom is -0.347 e. The van der Waals surface area contributed by atoms with Crippen molar-refractivity contribution in [3.8, 4) is 0 Å². The third kappa shape index (κ3) is 4.19. The molecule has 24 heavy (non-hydrogen) atoms. The number of nitrogens with one attached hydrogen (secondary N) is 2. The van der Waals surface area contributed by atoms with E-state index in [0.29, 0.717) is 29.8 Å². The van der Waals surface area contributed by atoms with Crippen LogP contribution in [0.3, 0.4) is 0 Å². The summed E-state index contributed by atoms with van der Waals surface area (Å²) in [7, 11) is 0. The summed E-state index contributed by atoms with van der Waals surface area (Å²) in [5.41, 5.74) is 3.72. The fourth-order valence-corrected chi connectivity index (χ4v) is 2.47. The Morgan fingerprint density at radius 3 is 2.71 bits per heavy atom. The number of carbonyl (C=O) groups is 1. The van der Waals surface area contributed by atoms with Gasteiger partial charge in [-0.3, -0.25) is 4.79 Å². The van der Waals surface area contributed by atoms with Crippen LogP contribution in [0, 0.1) is 13.8 Å². The number of carbonyl (C=O) groups excluding carboxylic acids is 1. The third-order valence-corrected chi connectivity index (χ3v) is 3.66. The standard InChI is InChI=1S/C19H24N4O/c1-6-10-20-19(24)16-11-17(22-14(5)21-16)23-18-13(4)8-7-9-15(18)12(2)3/h6-9,11-12H,1,10H2,2-5H3,(H,20,24)(H,21,22,23). The van der Waals surface area contributed by atoms with E-state index in [9.17, 15) is 4.79 Å². The summed E-state index contributed by atoms with van der Waals surface area (Å²) in [6, 6.07) is 7.88. The highest BCUT2D eigenvalue weighted by atomic mass is 16.1. The minimum absolute atomic E-state index is 0.239. The van der Waals surface area contributed by atoms with Gasteiger partial charge in [-0.05, 0) is 30.9 Å². The highest BCUT2D eigenvalue weighted by Crippen LogP contribution is 2.29. The Kier molecular flexibility index (Phi) is 5.68. The first kappa shape index (κ1) is 17.7. The lowest BCUT2D eigenvalue weighted by atomic mass is 9.98.